The lowest BCUT2D eigenvalue weighted by Crippen LogP contribution is -2.29. The van der Waals surface area contributed by atoms with Crippen molar-refractivity contribution in [2.24, 2.45) is 29.6 Å². The van der Waals surface area contributed by atoms with Gasteiger partial charge in [0.1, 0.15) is 0 Å². The summed E-state index contributed by atoms with van der Waals surface area (Å²) < 4.78 is 0. The van der Waals surface area contributed by atoms with Crippen molar-refractivity contribution in [2.45, 2.75) is 60.3 Å². The predicted molar refractivity (Wildman–Crippen MR) is 64.3 cm³/mol. The summed E-state index contributed by atoms with van der Waals surface area (Å²) in [6.07, 6.45) is 5.81. The molecule has 0 heterocycles. The molecule has 1 fully saturated rings. The molecule has 0 bridgehead atoms. The molecule has 1 saturated carbocycles. The Kier molecular flexibility index (Phi) is 4.47. The molecule has 14 heavy (non-hydrogen) atoms. The minimum absolute atomic E-state index is 0.886. The number of hydrogen-bond acceptors (Lipinski definition) is 0. The monoisotopic (exact) mass is 196 g/mol. The summed E-state index contributed by atoms with van der Waals surface area (Å²) in [7, 11) is 0. The van der Waals surface area contributed by atoms with E-state index in [4.69, 9.17) is 0 Å². The van der Waals surface area contributed by atoms with Gasteiger partial charge in [0.15, 0.2) is 0 Å². The van der Waals surface area contributed by atoms with E-state index in [2.05, 4.69) is 34.6 Å². The zero-order valence-corrected chi connectivity index (χ0v) is 10.7. The number of rotatable bonds is 3. The molecule has 0 heteroatoms. The molecule has 0 radical (unpaired) electrons. The molecule has 0 aliphatic heterocycles. The van der Waals surface area contributed by atoms with Crippen LogP contribution in [0, 0.1) is 29.6 Å². The van der Waals surface area contributed by atoms with Gasteiger partial charge in [-0.15, -0.1) is 0 Å². The van der Waals surface area contributed by atoms with Gasteiger partial charge in [0.25, 0.3) is 0 Å². The Hall–Kier alpha value is 0. The summed E-state index contributed by atoms with van der Waals surface area (Å²) in [6, 6.07) is 0. The van der Waals surface area contributed by atoms with E-state index in [0.717, 1.165) is 29.6 Å². The van der Waals surface area contributed by atoms with Crippen molar-refractivity contribution in [3.05, 3.63) is 0 Å². The van der Waals surface area contributed by atoms with Crippen molar-refractivity contribution in [1.82, 2.24) is 0 Å². The van der Waals surface area contributed by atoms with Crippen LogP contribution in [0.2, 0.25) is 0 Å². The van der Waals surface area contributed by atoms with Crippen LogP contribution in [0.5, 0.6) is 0 Å². The van der Waals surface area contributed by atoms with Crippen LogP contribution in [0.25, 0.3) is 0 Å². The second kappa shape index (κ2) is 5.19. The molecule has 0 amide bonds. The third kappa shape index (κ3) is 2.74. The average Bonchev–Trinajstić information content (AvgIpc) is 2.17. The molecule has 0 aromatic rings. The van der Waals surface area contributed by atoms with Gasteiger partial charge in [-0.05, 0) is 42.4 Å². The molecule has 0 nitrogen and oxygen atoms in total. The fourth-order valence-corrected chi connectivity index (χ4v) is 3.17. The summed E-state index contributed by atoms with van der Waals surface area (Å²) in [4.78, 5) is 0. The summed E-state index contributed by atoms with van der Waals surface area (Å²) >= 11 is 0. The van der Waals surface area contributed by atoms with Gasteiger partial charge in [-0.3, -0.25) is 0 Å². The van der Waals surface area contributed by atoms with Gasteiger partial charge in [0, 0.05) is 0 Å². The largest absolute Gasteiger partial charge is 0.0651 e. The highest BCUT2D eigenvalue weighted by Crippen LogP contribution is 2.41. The van der Waals surface area contributed by atoms with Crippen LogP contribution < -0.4 is 0 Å². The van der Waals surface area contributed by atoms with Crippen LogP contribution >= 0.6 is 0 Å². The van der Waals surface area contributed by atoms with Gasteiger partial charge in [0.2, 0.25) is 0 Å². The van der Waals surface area contributed by atoms with E-state index >= 15 is 0 Å². The molecule has 0 aromatic heterocycles. The fraction of sp³-hybridized carbons (Fsp3) is 1.00. The molecule has 4 atom stereocenters. The van der Waals surface area contributed by atoms with Gasteiger partial charge in [-0.25, -0.2) is 0 Å². The molecule has 0 aromatic carbocycles. The molecule has 0 spiro atoms. The summed E-state index contributed by atoms with van der Waals surface area (Å²) in [5.41, 5.74) is 0. The summed E-state index contributed by atoms with van der Waals surface area (Å²) in [5.74, 6) is 4.81. The summed E-state index contributed by atoms with van der Waals surface area (Å²) in [5, 5.41) is 0. The topological polar surface area (TPSA) is 0 Å². The first-order valence-corrected chi connectivity index (χ1v) is 6.56. The minimum Gasteiger partial charge on any atom is -0.0651 e. The SMILES string of the molecule is CCC(C)C1CCC(C)C(C(C)C)C1. The molecule has 4 unspecified atom stereocenters. The zero-order chi connectivity index (χ0) is 10.7. The number of hydrogen-bond donors (Lipinski definition) is 0. The minimum atomic E-state index is 0.886. The van der Waals surface area contributed by atoms with Crippen molar-refractivity contribution < 1.29 is 0 Å². The highest BCUT2D eigenvalue weighted by molar-refractivity contribution is 4.81. The first-order valence-electron chi connectivity index (χ1n) is 6.56. The molecule has 84 valence electrons. The molecule has 1 aliphatic rings. The van der Waals surface area contributed by atoms with Crippen LogP contribution in [0.3, 0.4) is 0 Å². The fourth-order valence-electron chi connectivity index (χ4n) is 3.17. The van der Waals surface area contributed by atoms with Crippen LogP contribution in [-0.2, 0) is 0 Å². The Labute approximate surface area is 90.5 Å². The van der Waals surface area contributed by atoms with Crippen molar-refractivity contribution in [2.75, 3.05) is 0 Å². The Morgan fingerprint density at radius 2 is 1.79 bits per heavy atom. The first-order chi connectivity index (χ1) is 6.56. The quantitative estimate of drug-likeness (QED) is 0.611. The third-order valence-corrected chi connectivity index (χ3v) is 4.60. The summed E-state index contributed by atoms with van der Waals surface area (Å²) in [6.45, 7) is 12.0. The second-order valence-corrected chi connectivity index (χ2v) is 5.84. The molecule has 1 rings (SSSR count). The van der Waals surface area contributed by atoms with E-state index < -0.39 is 0 Å². The first kappa shape index (κ1) is 12.1. The van der Waals surface area contributed by atoms with Crippen LogP contribution in [-0.4, -0.2) is 0 Å². The van der Waals surface area contributed by atoms with E-state index in [9.17, 15) is 0 Å². The molecular weight excluding hydrogens is 168 g/mol. The Balaban J connectivity index is 2.53. The molecule has 0 saturated heterocycles. The average molecular weight is 196 g/mol. The Bertz CT molecular complexity index is 159. The smallest absolute Gasteiger partial charge is 0.0363 e. The van der Waals surface area contributed by atoms with E-state index in [1.807, 2.05) is 0 Å². The van der Waals surface area contributed by atoms with Crippen LogP contribution in [0.1, 0.15) is 60.3 Å². The lowest BCUT2D eigenvalue weighted by Gasteiger charge is -2.39. The predicted octanol–water partition coefficient (Wildman–Crippen LogP) is 4.74. The van der Waals surface area contributed by atoms with Crippen molar-refractivity contribution >= 4 is 0 Å². The lowest BCUT2D eigenvalue weighted by atomic mass is 9.67. The molecule has 0 N–H and O–H groups in total. The Morgan fingerprint density at radius 1 is 1.14 bits per heavy atom. The van der Waals surface area contributed by atoms with Crippen molar-refractivity contribution in [1.29, 1.82) is 0 Å². The van der Waals surface area contributed by atoms with Gasteiger partial charge in [-0.1, -0.05) is 47.5 Å². The van der Waals surface area contributed by atoms with Crippen LogP contribution in [0.15, 0.2) is 0 Å². The van der Waals surface area contributed by atoms with E-state index in [-0.39, 0.29) is 0 Å². The van der Waals surface area contributed by atoms with Gasteiger partial charge < -0.3 is 0 Å². The maximum Gasteiger partial charge on any atom is -0.0363 e. The zero-order valence-electron chi connectivity index (χ0n) is 10.7. The van der Waals surface area contributed by atoms with Crippen molar-refractivity contribution in [3.8, 4) is 0 Å². The molecule has 1 aliphatic carbocycles. The normalized spacial score (nSPS) is 36.0. The highest BCUT2D eigenvalue weighted by atomic mass is 14.4. The van der Waals surface area contributed by atoms with Crippen LogP contribution in [0.4, 0.5) is 0 Å². The third-order valence-electron chi connectivity index (χ3n) is 4.60. The maximum absolute atomic E-state index is 2.46. The Morgan fingerprint density at radius 3 is 2.29 bits per heavy atom. The van der Waals surface area contributed by atoms with Crippen molar-refractivity contribution in [3.63, 3.8) is 0 Å². The standard InChI is InChI=1S/C14H28/c1-6-11(4)13-8-7-12(5)14(9-13)10(2)3/h10-14H,6-9H2,1-5H3. The van der Waals surface area contributed by atoms with E-state index in [0.29, 0.717) is 0 Å². The molecular formula is C14H28. The second-order valence-electron chi connectivity index (χ2n) is 5.84. The van der Waals surface area contributed by atoms with E-state index in [1.165, 1.54) is 25.7 Å². The maximum atomic E-state index is 2.46. The van der Waals surface area contributed by atoms with Gasteiger partial charge >= 0.3 is 0 Å². The van der Waals surface area contributed by atoms with Gasteiger partial charge in [-0.2, -0.15) is 0 Å². The van der Waals surface area contributed by atoms with E-state index in [1.54, 1.807) is 0 Å². The van der Waals surface area contributed by atoms with Gasteiger partial charge in [0.05, 0.1) is 0 Å². The lowest BCUT2D eigenvalue weighted by molar-refractivity contribution is 0.115. The highest BCUT2D eigenvalue weighted by Gasteiger charge is 2.31.